The van der Waals surface area contributed by atoms with E-state index in [1.807, 2.05) is 54.7 Å². The predicted molar refractivity (Wildman–Crippen MR) is 135 cm³/mol. The van der Waals surface area contributed by atoms with Crippen LogP contribution in [0.1, 0.15) is 18.4 Å². The molecule has 4 rings (SSSR count). The minimum atomic E-state index is -2.49. The standard InChI is InChI=1S/C26H29N3O5S/c1-34-24-10-6-21(7-11-24)20-4-8-23(9-5-20)29(35(32)33)25(26(30)31)22-12-15-28(16-13-22)18-19-3-2-14-27-17-19/h2-11,14,17,22,25H,12-13,15-16,18H2,1H3,(H,30,31)(H,32,33). The molecular weight excluding hydrogens is 466 g/mol. The lowest BCUT2D eigenvalue weighted by atomic mass is 9.89. The fourth-order valence-electron chi connectivity index (χ4n) is 4.60. The number of aromatic nitrogens is 1. The Morgan fingerprint density at radius 2 is 1.74 bits per heavy atom. The first-order valence-corrected chi connectivity index (χ1v) is 12.5. The second-order valence-electron chi connectivity index (χ2n) is 8.59. The maximum atomic E-state index is 12.4. The van der Waals surface area contributed by atoms with E-state index >= 15 is 0 Å². The molecule has 2 heterocycles. The summed E-state index contributed by atoms with van der Waals surface area (Å²) >= 11 is -2.49. The van der Waals surface area contributed by atoms with Crippen molar-refractivity contribution in [3.05, 3.63) is 78.6 Å². The average Bonchev–Trinajstić information content (AvgIpc) is 2.88. The van der Waals surface area contributed by atoms with Gasteiger partial charge in [0.2, 0.25) is 0 Å². The number of piperidine rings is 1. The van der Waals surface area contributed by atoms with E-state index in [-0.39, 0.29) is 5.92 Å². The van der Waals surface area contributed by atoms with Crippen LogP contribution in [0.4, 0.5) is 5.69 Å². The first-order chi connectivity index (χ1) is 17.0. The normalized spacial score (nSPS) is 16.4. The summed E-state index contributed by atoms with van der Waals surface area (Å²) in [6.07, 6.45) is 4.81. The van der Waals surface area contributed by atoms with Crippen LogP contribution in [-0.4, -0.2) is 56.0 Å². The molecule has 0 spiro atoms. The highest BCUT2D eigenvalue weighted by Crippen LogP contribution is 2.31. The molecule has 1 aliphatic heterocycles. The molecule has 0 bridgehead atoms. The number of carboxylic acid groups (broad SMARTS) is 1. The van der Waals surface area contributed by atoms with Gasteiger partial charge in [0.25, 0.3) is 11.3 Å². The van der Waals surface area contributed by atoms with Crippen LogP contribution in [0.5, 0.6) is 5.75 Å². The second kappa shape index (κ2) is 11.4. The number of likely N-dealkylation sites (tertiary alicyclic amines) is 1. The zero-order valence-electron chi connectivity index (χ0n) is 19.5. The minimum Gasteiger partial charge on any atom is -0.497 e. The van der Waals surface area contributed by atoms with Crippen molar-refractivity contribution in [3.63, 3.8) is 0 Å². The maximum absolute atomic E-state index is 12.4. The molecule has 0 radical (unpaired) electrons. The highest BCUT2D eigenvalue weighted by atomic mass is 32.2. The van der Waals surface area contributed by atoms with Crippen molar-refractivity contribution in [2.75, 3.05) is 24.5 Å². The summed E-state index contributed by atoms with van der Waals surface area (Å²) in [5.74, 6) is -0.602. The molecule has 1 saturated heterocycles. The summed E-state index contributed by atoms with van der Waals surface area (Å²) in [5, 5.41) is 10.1. The lowest BCUT2D eigenvalue weighted by Crippen LogP contribution is -2.50. The molecule has 0 aliphatic carbocycles. The lowest BCUT2D eigenvalue weighted by molar-refractivity contribution is -0.140. The van der Waals surface area contributed by atoms with Crippen LogP contribution in [0.25, 0.3) is 11.1 Å². The molecule has 184 valence electrons. The van der Waals surface area contributed by atoms with Gasteiger partial charge in [0.15, 0.2) is 0 Å². The number of benzene rings is 2. The lowest BCUT2D eigenvalue weighted by Gasteiger charge is -2.38. The van der Waals surface area contributed by atoms with Gasteiger partial charge in [0.05, 0.1) is 12.8 Å². The van der Waals surface area contributed by atoms with E-state index < -0.39 is 23.3 Å². The quantitative estimate of drug-likeness (QED) is 0.432. The van der Waals surface area contributed by atoms with Crippen molar-refractivity contribution < 1.29 is 23.4 Å². The maximum Gasteiger partial charge on any atom is 0.327 e. The van der Waals surface area contributed by atoms with Crippen molar-refractivity contribution in [2.24, 2.45) is 5.92 Å². The van der Waals surface area contributed by atoms with E-state index in [4.69, 9.17) is 4.74 Å². The summed E-state index contributed by atoms with van der Waals surface area (Å²) in [5.41, 5.74) is 3.38. The van der Waals surface area contributed by atoms with Gasteiger partial charge in [-0.2, -0.15) is 0 Å². The van der Waals surface area contributed by atoms with Crippen LogP contribution in [0.3, 0.4) is 0 Å². The molecule has 1 fully saturated rings. The number of hydrogen-bond donors (Lipinski definition) is 2. The third-order valence-corrected chi connectivity index (χ3v) is 7.20. The predicted octanol–water partition coefficient (Wildman–Crippen LogP) is 4.07. The van der Waals surface area contributed by atoms with Crippen molar-refractivity contribution in [1.29, 1.82) is 0 Å². The fourth-order valence-corrected chi connectivity index (χ4v) is 5.36. The van der Waals surface area contributed by atoms with E-state index in [1.165, 1.54) is 0 Å². The Morgan fingerprint density at radius 3 is 2.26 bits per heavy atom. The first-order valence-electron chi connectivity index (χ1n) is 11.4. The molecule has 0 amide bonds. The number of pyridine rings is 1. The molecule has 1 aromatic heterocycles. The number of carboxylic acids is 1. The monoisotopic (exact) mass is 495 g/mol. The van der Waals surface area contributed by atoms with Crippen molar-refractivity contribution in [1.82, 2.24) is 9.88 Å². The van der Waals surface area contributed by atoms with Crippen molar-refractivity contribution >= 4 is 22.9 Å². The number of hydrogen-bond acceptors (Lipinski definition) is 5. The molecule has 2 atom stereocenters. The molecule has 2 aromatic carbocycles. The van der Waals surface area contributed by atoms with E-state index in [0.717, 1.165) is 33.3 Å². The van der Waals surface area contributed by atoms with Gasteiger partial charge in [-0.25, -0.2) is 9.00 Å². The Hall–Kier alpha value is -3.27. The van der Waals surface area contributed by atoms with E-state index in [1.54, 1.807) is 25.4 Å². The van der Waals surface area contributed by atoms with Gasteiger partial charge in [-0.1, -0.05) is 30.3 Å². The highest BCUT2D eigenvalue weighted by Gasteiger charge is 2.38. The van der Waals surface area contributed by atoms with E-state index in [9.17, 15) is 18.7 Å². The number of aliphatic carboxylic acids is 1. The second-order valence-corrected chi connectivity index (χ2v) is 9.44. The van der Waals surface area contributed by atoms with Crippen molar-refractivity contribution in [2.45, 2.75) is 25.4 Å². The number of anilines is 1. The Morgan fingerprint density at radius 1 is 1.11 bits per heavy atom. The zero-order chi connectivity index (χ0) is 24.8. The highest BCUT2D eigenvalue weighted by molar-refractivity contribution is 7.80. The summed E-state index contributed by atoms with van der Waals surface area (Å²) < 4.78 is 28.8. The van der Waals surface area contributed by atoms with Crippen LogP contribution in [-0.2, 0) is 22.6 Å². The number of ether oxygens (including phenoxy) is 1. The Bertz CT molecular complexity index is 1130. The Kier molecular flexibility index (Phi) is 8.12. The smallest absolute Gasteiger partial charge is 0.327 e. The van der Waals surface area contributed by atoms with Gasteiger partial charge in [-0.3, -0.25) is 18.7 Å². The van der Waals surface area contributed by atoms with Crippen LogP contribution < -0.4 is 9.04 Å². The molecule has 35 heavy (non-hydrogen) atoms. The molecular formula is C26H29N3O5S. The molecule has 2 unspecified atom stereocenters. The number of carbonyl (C=O) groups is 1. The van der Waals surface area contributed by atoms with Crippen LogP contribution in [0.2, 0.25) is 0 Å². The third-order valence-electron chi connectivity index (χ3n) is 6.43. The number of methoxy groups -OCH3 is 1. The largest absolute Gasteiger partial charge is 0.497 e. The molecule has 0 saturated carbocycles. The summed E-state index contributed by atoms with van der Waals surface area (Å²) in [4.78, 5) is 18.7. The van der Waals surface area contributed by atoms with Gasteiger partial charge in [0.1, 0.15) is 11.8 Å². The topological polar surface area (TPSA) is 103 Å². The molecule has 8 nitrogen and oxygen atoms in total. The van der Waals surface area contributed by atoms with E-state index in [2.05, 4.69) is 9.88 Å². The van der Waals surface area contributed by atoms with Crippen LogP contribution in [0.15, 0.2) is 73.1 Å². The van der Waals surface area contributed by atoms with Gasteiger partial charge in [-0.05, 0) is 78.9 Å². The van der Waals surface area contributed by atoms with E-state index in [0.29, 0.717) is 31.6 Å². The van der Waals surface area contributed by atoms with Crippen molar-refractivity contribution in [3.8, 4) is 16.9 Å². The Labute approximate surface area is 207 Å². The fraction of sp³-hybridized carbons (Fsp3) is 0.308. The van der Waals surface area contributed by atoms with Crippen LogP contribution >= 0.6 is 0 Å². The number of rotatable bonds is 9. The third kappa shape index (κ3) is 6.05. The zero-order valence-corrected chi connectivity index (χ0v) is 20.3. The summed E-state index contributed by atoms with van der Waals surface area (Å²) in [7, 11) is 1.61. The van der Waals surface area contributed by atoms with Gasteiger partial charge >= 0.3 is 5.97 Å². The van der Waals surface area contributed by atoms with Gasteiger partial charge in [-0.15, -0.1) is 0 Å². The van der Waals surface area contributed by atoms with Gasteiger partial charge < -0.3 is 9.84 Å². The van der Waals surface area contributed by atoms with Gasteiger partial charge in [0, 0.05) is 18.9 Å². The Balaban J connectivity index is 1.49. The molecule has 1 aliphatic rings. The summed E-state index contributed by atoms with van der Waals surface area (Å²) in [6.45, 7) is 2.18. The average molecular weight is 496 g/mol. The first kappa shape index (κ1) is 24.8. The molecule has 9 heteroatoms. The summed E-state index contributed by atoms with van der Waals surface area (Å²) in [6, 6.07) is 17.4. The molecule has 3 aromatic rings. The SMILES string of the molecule is COc1ccc(-c2ccc(N(C(C(=O)O)C3CCN(Cc4cccnc4)CC3)S(=O)O)cc2)cc1. The molecule has 2 N–H and O–H groups in total. The van der Waals surface area contributed by atoms with Crippen LogP contribution in [0, 0.1) is 5.92 Å². The minimum absolute atomic E-state index is 0.255. The number of nitrogens with zero attached hydrogens (tertiary/aromatic N) is 3.